The molecule has 0 radical (unpaired) electrons. The predicted molar refractivity (Wildman–Crippen MR) is 99.2 cm³/mol. The molecule has 2 unspecified atom stereocenters. The van der Waals surface area contributed by atoms with Crippen molar-refractivity contribution in [2.45, 2.75) is 51.5 Å². The van der Waals surface area contributed by atoms with Crippen LogP contribution >= 0.6 is 11.6 Å². The first kappa shape index (κ1) is 17.8. The van der Waals surface area contributed by atoms with Crippen molar-refractivity contribution < 1.29 is 4.79 Å². The highest BCUT2D eigenvalue weighted by Gasteiger charge is 2.32. The number of hydrogen-bond donors (Lipinski definition) is 2. The van der Waals surface area contributed by atoms with E-state index in [1.54, 1.807) is 0 Å². The molecule has 1 aliphatic carbocycles. The van der Waals surface area contributed by atoms with Crippen molar-refractivity contribution in [2.24, 2.45) is 17.8 Å². The zero-order valence-corrected chi connectivity index (χ0v) is 15.3. The summed E-state index contributed by atoms with van der Waals surface area (Å²) in [7, 11) is 0. The third-order valence-electron chi connectivity index (χ3n) is 5.85. The highest BCUT2D eigenvalue weighted by Crippen LogP contribution is 2.29. The highest BCUT2D eigenvalue weighted by atomic mass is 35.5. The second-order valence-electron chi connectivity index (χ2n) is 7.55. The Labute approximate surface area is 150 Å². The third kappa shape index (κ3) is 4.52. The van der Waals surface area contributed by atoms with Crippen molar-refractivity contribution in [3.05, 3.63) is 34.9 Å². The van der Waals surface area contributed by atoms with Crippen LogP contribution in [-0.2, 0) is 11.2 Å². The number of hydrogen-bond acceptors (Lipinski definition) is 2. The highest BCUT2D eigenvalue weighted by molar-refractivity contribution is 6.30. The topological polar surface area (TPSA) is 41.1 Å². The molecular weight excluding hydrogens is 320 g/mol. The van der Waals surface area contributed by atoms with Crippen LogP contribution in [0.2, 0.25) is 5.02 Å². The Bertz CT molecular complexity index is 535. The summed E-state index contributed by atoms with van der Waals surface area (Å²) in [6.07, 6.45) is 7.29. The molecule has 2 fully saturated rings. The van der Waals surface area contributed by atoms with Gasteiger partial charge in [0.1, 0.15) is 0 Å². The average molecular weight is 349 g/mol. The fourth-order valence-electron chi connectivity index (χ4n) is 3.94. The fraction of sp³-hybridized carbons (Fsp3) is 0.650. The van der Waals surface area contributed by atoms with E-state index in [1.807, 2.05) is 12.1 Å². The van der Waals surface area contributed by atoms with Gasteiger partial charge in [-0.1, -0.05) is 49.9 Å². The number of halogens is 1. The largest absolute Gasteiger partial charge is 0.353 e. The number of carbonyl (C=O) groups excluding carboxylic acids is 1. The lowest BCUT2D eigenvalue weighted by molar-refractivity contribution is -0.127. The van der Waals surface area contributed by atoms with Crippen LogP contribution in [0.25, 0.3) is 0 Å². The monoisotopic (exact) mass is 348 g/mol. The number of amides is 1. The lowest BCUT2D eigenvalue weighted by Crippen LogP contribution is -2.52. The lowest BCUT2D eigenvalue weighted by Gasteiger charge is -2.35. The minimum absolute atomic E-state index is 0.0996. The van der Waals surface area contributed by atoms with Crippen LogP contribution in [0.4, 0.5) is 0 Å². The summed E-state index contributed by atoms with van der Waals surface area (Å²) in [4.78, 5) is 12.7. The Morgan fingerprint density at radius 1 is 1.17 bits per heavy atom. The normalized spacial score (nSPS) is 21.8. The lowest BCUT2D eigenvalue weighted by atomic mass is 9.81. The molecular formula is C20H29ClN2O. The first-order valence-electron chi connectivity index (χ1n) is 9.39. The maximum atomic E-state index is 12.7. The summed E-state index contributed by atoms with van der Waals surface area (Å²) in [5.74, 6) is 1.42. The molecule has 1 saturated heterocycles. The molecule has 24 heavy (non-hydrogen) atoms. The van der Waals surface area contributed by atoms with Crippen LogP contribution in [-0.4, -0.2) is 25.0 Å². The molecule has 0 bridgehead atoms. The standard InChI is InChI=1S/C20H29ClN2O/c1-14(17-12-22-13-17)20(24)23-19(16-5-3-2-4-6-16)11-15-7-9-18(21)10-8-15/h7-10,14,16-17,19,22H,2-6,11-13H2,1H3,(H,23,24). The maximum Gasteiger partial charge on any atom is 0.223 e. The molecule has 2 aliphatic rings. The van der Waals surface area contributed by atoms with Crippen molar-refractivity contribution in [2.75, 3.05) is 13.1 Å². The second-order valence-corrected chi connectivity index (χ2v) is 7.99. The SMILES string of the molecule is CC(C(=O)NC(Cc1ccc(Cl)cc1)C1CCCCC1)C1CNC1. The van der Waals surface area contributed by atoms with Crippen LogP contribution in [0.15, 0.2) is 24.3 Å². The Hall–Kier alpha value is -1.06. The quantitative estimate of drug-likeness (QED) is 0.820. The molecule has 132 valence electrons. The van der Waals surface area contributed by atoms with E-state index < -0.39 is 0 Å². The van der Waals surface area contributed by atoms with E-state index in [0.29, 0.717) is 11.8 Å². The molecule has 1 amide bonds. The van der Waals surface area contributed by atoms with Gasteiger partial charge in [-0.25, -0.2) is 0 Å². The van der Waals surface area contributed by atoms with Gasteiger partial charge in [-0.2, -0.15) is 0 Å². The Balaban J connectivity index is 1.66. The van der Waals surface area contributed by atoms with Gasteiger partial charge in [0.15, 0.2) is 0 Å². The van der Waals surface area contributed by atoms with Crippen molar-refractivity contribution in [1.82, 2.24) is 10.6 Å². The van der Waals surface area contributed by atoms with Crippen LogP contribution in [0, 0.1) is 17.8 Å². The van der Waals surface area contributed by atoms with Crippen LogP contribution in [0.3, 0.4) is 0 Å². The first-order valence-corrected chi connectivity index (χ1v) is 9.77. The zero-order chi connectivity index (χ0) is 16.9. The van der Waals surface area contributed by atoms with Crippen molar-refractivity contribution in [3.8, 4) is 0 Å². The van der Waals surface area contributed by atoms with Gasteiger partial charge in [-0.3, -0.25) is 4.79 Å². The van der Waals surface area contributed by atoms with Gasteiger partial charge in [0, 0.05) is 17.0 Å². The van der Waals surface area contributed by atoms with E-state index in [-0.39, 0.29) is 17.9 Å². The fourth-order valence-corrected chi connectivity index (χ4v) is 4.07. The maximum absolute atomic E-state index is 12.7. The average Bonchev–Trinajstić information content (AvgIpc) is 2.55. The minimum Gasteiger partial charge on any atom is -0.353 e. The van der Waals surface area contributed by atoms with E-state index in [2.05, 4.69) is 29.7 Å². The molecule has 0 spiro atoms. The van der Waals surface area contributed by atoms with Gasteiger partial charge in [-0.05, 0) is 61.9 Å². The third-order valence-corrected chi connectivity index (χ3v) is 6.10. The van der Waals surface area contributed by atoms with Gasteiger partial charge in [0.2, 0.25) is 5.91 Å². The zero-order valence-electron chi connectivity index (χ0n) is 14.6. The molecule has 1 heterocycles. The summed E-state index contributed by atoms with van der Waals surface area (Å²) in [6.45, 7) is 4.01. The minimum atomic E-state index is 0.0996. The van der Waals surface area contributed by atoms with Gasteiger partial charge in [0.25, 0.3) is 0 Å². The van der Waals surface area contributed by atoms with Gasteiger partial charge < -0.3 is 10.6 Å². The molecule has 1 aromatic rings. The summed E-state index contributed by atoms with van der Waals surface area (Å²) in [6, 6.07) is 8.31. The second kappa shape index (κ2) is 8.35. The van der Waals surface area contributed by atoms with E-state index in [1.165, 1.54) is 37.7 Å². The molecule has 3 nitrogen and oxygen atoms in total. The molecule has 1 aromatic carbocycles. The van der Waals surface area contributed by atoms with E-state index in [9.17, 15) is 4.79 Å². The van der Waals surface area contributed by atoms with Gasteiger partial charge in [-0.15, -0.1) is 0 Å². The Kier molecular flexibility index (Phi) is 6.18. The predicted octanol–water partition coefficient (Wildman–Crippen LogP) is 3.80. The Morgan fingerprint density at radius 2 is 1.83 bits per heavy atom. The molecule has 1 aliphatic heterocycles. The van der Waals surface area contributed by atoms with Gasteiger partial charge in [0.05, 0.1) is 0 Å². The number of benzene rings is 1. The summed E-state index contributed by atoms with van der Waals surface area (Å²) >= 11 is 6.00. The number of nitrogens with one attached hydrogen (secondary N) is 2. The van der Waals surface area contributed by atoms with Crippen LogP contribution in [0.5, 0.6) is 0 Å². The molecule has 3 rings (SSSR count). The molecule has 0 aromatic heterocycles. The molecule has 2 N–H and O–H groups in total. The van der Waals surface area contributed by atoms with Crippen molar-refractivity contribution >= 4 is 17.5 Å². The van der Waals surface area contributed by atoms with Crippen LogP contribution < -0.4 is 10.6 Å². The molecule has 1 saturated carbocycles. The van der Waals surface area contributed by atoms with Crippen molar-refractivity contribution in [1.29, 1.82) is 0 Å². The van der Waals surface area contributed by atoms with E-state index in [4.69, 9.17) is 11.6 Å². The smallest absolute Gasteiger partial charge is 0.223 e. The number of rotatable bonds is 6. The Morgan fingerprint density at radius 3 is 2.42 bits per heavy atom. The van der Waals surface area contributed by atoms with Crippen molar-refractivity contribution in [3.63, 3.8) is 0 Å². The molecule has 2 atom stereocenters. The summed E-state index contributed by atoms with van der Waals surface area (Å²) in [5, 5.41) is 7.43. The van der Waals surface area contributed by atoms with E-state index in [0.717, 1.165) is 24.5 Å². The summed E-state index contributed by atoms with van der Waals surface area (Å²) < 4.78 is 0. The van der Waals surface area contributed by atoms with Gasteiger partial charge >= 0.3 is 0 Å². The number of carbonyl (C=O) groups is 1. The van der Waals surface area contributed by atoms with E-state index >= 15 is 0 Å². The van der Waals surface area contributed by atoms with Crippen LogP contribution in [0.1, 0.15) is 44.6 Å². The first-order chi connectivity index (χ1) is 11.6. The summed E-state index contributed by atoms with van der Waals surface area (Å²) in [5.41, 5.74) is 1.26. The molecule has 4 heteroatoms.